The van der Waals surface area contributed by atoms with Crippen LogP contribution >= 0.6 is 11.3 Å². The van der Waals surface area contributed by atoms with Crippen LogP contribution in [-0.2, 0) is 14.3 Å². The van der Waals surface area contributed by atoms with Gasteiger partial charge in [-0.1, -0.05) is 12.1 Å². The molecule has 1 amide bonds. The van der Waals surface area contributed by atoms with Gasteiger partial charge in [-0.05, 0) is 29.8 Å². The van der Waals surface area contributed by atoms with Gasteiger partial charge < -0.3 is 9.84 Å². The number of methoxy groups -OCH3 is 1. The number of pyridine rings is 1. The van der Waals surface area contributed by atoms with Gasteiger partial charge in [0.1, 0.15) is 5.76 Å². The number of ether oxygens (including phenoxy) is 1. The molecule has 4 rings (SSSR count). The van der Waals surface area contributed by atoms with Crippen molar-refractivity contribution in [2.24, 2.45) is 0 Å². The standard InChI is InChI=1S/C21H15N3O5S/c1-29-20(28)14-4-2-12(3-5-14)16-15(17(25)13-6-8-22-9-7-13)18(26)19(27)24(16)21-23-10-11-30-21/h2-11,16,25H,1H3. The number of anilines is 1. The van der Waals surface area contributed by atoms with Gasteiger partial charge in [-0.15, -0.1) is 11.3 Å². The highest BCUT2D eigenvalue weighted by atomic mass is 32.1. The van der Waals surface area contributed by atoms with Crippen LogP contribution in [0.15, 0.2) is 65.9 Å². The molecule has 0 aliphatic carbocycles. The fraction of sp³-hybridized carbons (Fsp3) is 0.0952. The zero-order valence-electron chi connectivity index (χ0n) is 15.7. The highest BCUT2D eigenvalue weighted by molar-refractivity contribution is 7.14. The van der Waals surface area contributed by atoms with Gasteiger partial charge in [-0.25, -0.2) is 9.78 Å². The van der Waals surface area contributed by atoms with E-state index in [2.05, 4.69) is 9.97 Å². The molecule has 1 aliphatic rings. The average molecular weight is 421 g/mol. The molecule has 1 aromatic carbocycles. The summed E-state index contributed by atoms with van der Waals surface area (Å²) >= 11 is 1.20. The number of esters is 1. The Morgan fingerprint density at radius 1 is 1.07 bits per heavy atom. The highest BCUT2D eigenvalue weighted by Gasteiger charge is 2.47. The SMILES string of the molecule is COC(=O)c1ccc(C2C(=C(O)c3ccncc3)C(=O)C(=O)N2c2nccs2)cc1. The Balaban J connectivity index is 1.89. The van der Waals surface area contributed by atoms with Crippen LogP contribution in [0.4, 0.5) is 5.13 Å². The Bertz CT molecular complexity index is 1140. The van der Waals surface area contributed by atoms with Crippen LogP contribution in [0.5, 0.6) is 0 Å². The number of hydrogen-bond acceptors (Lipinski definition) is 8. The lowest BCUT2D eigenvalue weighted by molar-refractivity contribution is -0.132. The molecular weight excluding hydrogens is 406 g/mol. The molecule has 0 spiro atoms. The van der Waals surface area contributed by atoms with Crippen molar-refractivity contribution in [1.82, 2.24) is 9.97 Å². The number of carbonyl (C=O) groups excluding carboxylic acids is 3. The number of amides is 1. The maximum Gasteiger partial charge on any atom is 0.337 e. The summed E-state index contributed by atoms with van der Waals surface area (Å²) in [7, 11) is 1.28. The van der Waals surface area contributed by atoms with E-state index in [1.165, 1.54) is 54.1 Å². The molecule has 1 fully saturated rings. The summed E-state index contributed by atoms with van der Waals surface area (Å²) in [5.41, 5.74) is 1.15. The molecule has 3 heterocycles. The summed E-state index contributed by atoms with van der Waals surface area (Å²) in [6.45, 7) is 0. The largest absolute Gasteiger partial charge is 0.507 e. The number of ketones is 1. The summed E-state index contributed by atoms with van der Waals surface area (Å²) in [4.78, 5) is 46.9. The lowest BCUT2D eigenvalue weighted by atomic mass is 9.95. The predicted octanol–water partition coefficient (Wildman–Crippen LogP) is 2.95. The van der Waals surface area contributed by atoms with Gasteiger partial charge >= 0.3 is 11.9 Å². The molecule has 1 unspecified atom stereocenters. The van der Waals surface area contributed by atoms with Gasteiger partial charge in [0, 0.05) is 29.5 Å². The van der Waals surface area contributed by atoms with Crippen molar-refractivity contribution in [1.29, 1.82) is 0 Å². The van der Waals surface area contributed by atoms with Crippen molar-refractivity contribution in [3.63, 3.8) is 0 Å². The predicted molar refractivity (Wildman–Crippen MR) is 109 cm³/mol. The fourth-order valence-electron chi connectivity index (χ4n) is 3.26. The van der Waals surface area contributed by atoms with Crippen molar-refractivity contribution in [3.05, 3.63) is 82.6 Å². The minimum atomic E-state index is -0.906. The number of nitrogens with zero attached hydrogens (tertiary/aromatic N) is 3. The van der Waals surface area contributed by atoms with Crippen molar-refractivity contribution < 1.29 is 24.2 Å². The summed E-state index contributed by atoms with van der Waals surface area (Å²) in [5, 5.41) is 12.9. The summed E-state index contributed by atoms with van der Waals surface area (Å²) < 4.78 is 4.71. The van der Waals surface area contributed by atoms with Crippen LogP contribution in [0.25, 0.3) is 5.76 Å². The first-order valence-corrected chi connectivity index (χ1v) is 9.70. The fourth-order valence-corrected chi connectivity index (χ4v) is 3.93. The van der Waals surface area contributed by atoms with Crippen LogP contribution in [0.2, 0.25) is 0 Å². The van der Waals surface area contributed by atoms with E-state index in [9.17, 15) is 19.5 Å². The number of benzene rings is 1. The van der Waals surface area contributed by atoms with Crippen molar-refractivity contribution in [2.45, 2.75) is 6.04 Å². The van der Waals surface area contributed by atoms with Gasteiger partial charge in [0.2, 0.25) is 0 Å². The first-order chi connectivity index (χ1) is 14.5. The van der Waals surface area contributed by atoms with E-state index in [0.717, 1.165) is 0 Å². The lowest BCUT2D eigenvalue weighted by Gasteiger charge is -2.23. The second-order valence-electron chi connectivity index (χ2n) is 6.33. The number of hydrogen-bond donors (Lipinski definition) is 1. The Hall–Kier alpha value is -3.85. The zero-order chi connectivity index (χ0) is 21.3. The molecule has 0 bridgehead atoms. The quantitative estimate of drug-likeness (QED) is 0.298. The minimum Gasteiger partial charge on any atom is -0.507 e. The van der Waals surface area contributed by atoms with Gasteiger partial charge in [-0.2, -0.15) is 0 Å². The van der Waals surface area contributed by atoms with Crippen molar-refractivity contribution in [2.75, 3.05) is 12.0 Å². The maximum absolute atomic E-state index is 12.9. The molecule has 2 aromatic heterocycles. The average Bonchev–Trinajstić information content (AvgIpc) is 3.40. The zero-order valence-corrected chi connectivity index (χ0v) is 16.5. The summed E-state index contributed by atoms with van der Waals surface area (Å²) in [5.74, 6) is -2.42. The molecule has 3 aromatic rings. The summed E-state index contributed by atoms with van der Waals surface area (Å²) in [6.07, 6.45) is 4.48. The second-order valence-corrected chi connectivity index (χ2v) is 7.21. The number of aromatic nitrogens is 2. The Morgan fingerprint density at radius 2 is 1.77 bits per heavy atom. The number of aliphatic hydroxyl groups excluding tert-OH is 1. The van der Waals surface area contributed by atoms with E-state index >= 15 is 0 Å². The smallest absolute Gasteiger partial charge is 0.337 e. The topological polar surface area (TPSA) is 110 Å². The Morgan fingerprint density at radius 3 is 2.37 bits per heavy atom. The second kappa shape index (κ2) is 7.88. The molecule has 1 atom stereocenters. The third kappa shape index (κ3) is 3.25. The molecule has 150 valence electrons. The number of Topliss-reactive ketones (excluding diaryl/α,β-unsaturated/α-hetero) is 1. The van der Waals surface area contributed by atoms with Gasteiger partial charge in [0.15, 0.2) is 5.13 Å². The molecule has 1 saturated heterocycles. The molecular formula is C21H15N3O5S. The highest BCUT2D eigenvalue weighted by Crippen LogP contribution is 2.42. The van der Waals surface area contributed by atoms with Crippen LogP contribution in [0.1, 0.15) is 27.5 Å². The molecule has 1 aliphatic heterocycles. The molecule has 8 nitrogen and oxygen atoms in total. The number of rotatable bonds is 4. The number of aliphatic hydroxyl groups is 1. The van der Waals surface area contributed by atoms with Crippen LogP contribution in [0.3, 0.4) is 0 Å². The third-order valence-corrected chi connectivity index (χ3v) is 5.44. The van der Waals surface area contributed by atoms with Crippen molar-refractivity contribution in [3.8, 4) is 0 Å². The van der Waals surface area contributed by atoms with E-state index < -0.39 is 23.7 Å². The molecule has 9 heteroatoms. The summed E-state index contributed by atoms with van der Waals surface area (Å²) in [6, 6.07) is 8.49. The lowest BCUT2D eigenvalue weighted by Crippen LogP contribution is -2.29. The normalized spacial score (nSPS) is 17.9. The van der Waals surface area contributed by atoms with Crippen LogP contribution < -0.4 is 4.90 Å². The molecule has 1 N–H and O–H groups in total. The maximum atomic E-state index is 12.9. The Labute approximate surface area is 175 Å². The van der Waals surface area contributed by atoms with E-state index in [4.69, 9.17) is 4.74 Å². The number of thiazole rings is 1. The Kier molecular flexibility index (Phi) is 5.11. The van der Waals surface area contributed by atoms with E-state index in [1.54, 1.807) is 29.6 Å². The van der Waals surface area contributed by atoms with Crippen LogP contribution in [-0.4, -0.2) is 39.8 Å². The van der Waals surface area contributed by atoms with Gasteiger partial charge in [0.05, 0.1) is 24.3 Å². The molecule has 0 saturated carbocycles. The number of carbonyl (C=O) groups is 3. The molecule has 0 radical (unpaired) electrons. The van der Waals surface area contributed by atoms with Gasteiger partial charge in [0.25, 0.3) is 5.78 Å². The monoisotopic (exact) mass is 421 g/mol. The van der Waals surface area contributed by atoms with Crippen LogP contribution in [0, 0.1) is 0 Å². The van der Waals surface area contributed by atoms with E-state index in [-0.39, 0.29) is 11.3 Å². The van der Waals surface area contributed by atoms with Crippen molar-refractivity contribution >= 4 is 39.9 Å². The van der Waals surface area contributed by atoms with Gasteiger partial charge in [-0.3, -0.25) is 19.5 Å². The molecule has 30 heavy (non-hydrogen) atoms. The van der Waals surface area contributed by atoms with E-state index in [0.29, 0.717) is 21.8 Å². The first kappa shape index (κ1) is 19.5. The third-order valence-electron chi connectivity index (χ3n) is 4.67. The van der Waals surface area contributed by atoms with E-state index in [1.807, 2.05) is 0 Å². The first-order valence-electron chi connectivity index (χ1n) is 8.82. The minimum absolute atomic E-state index is 0.0628.